The zero-order valence-corrected chi connectivity index (χ0v) is 16.3. The quantitative estimate of drug-likeness (QED) is 0.485. The molecule has 1 aliphatic heterocycles. The van der Waals surface area contributed by atoms with Crippen molar-refractivity contribution < 1.29 is 19.4 Å². The molecule has 150 valence electrons. The van der Waals surface area contributed by atoms with Crippen molar-refractivity contribution in [1.29, 1.82) is 0 Å². The number of amides is 1. The lowest BCUT2D eigenvalue weighted by molar-refractivity contribution is -0.140. The van der Waals surface area contributed by atoms with Crippen molar-refractivity contribution in [2.45, 2.75) is 58.1 Å². The number of primary amides is 1. The number of aliphatic hydroxyl groups excluding tert-OH is 1. The first-order valence-electron chi connectivity index (χ1n) is 9.98. The predicted octanol–water partition coefficient (Wildman–Crippen LogP) is 1.89. The molecule has 3 rings (SSSR count). The maximum Gasteiger partial charge on any atom is 0.319 e. The lowest BCUT2D eigenvalue weighted by atomic mass is 9.50. The van der Waals surface area contributed by atoms with Gasteiger partial charge in [0.2, 0.25) is 5.91 Å². The topological polar surface area (TPSA) is 102 Å². The van der Waals surface area contributed by atoms with Gasteiger partial charge in [0.25, 0.3) is 0 Å². The van der Waals surface area contributed by atoms with Crippen molar-refractivity contribution in [1.82, 2.24) is 5.32 Å². The molecule has 0 bridgehead atoms. The summed E-state index contributed by atoms with van der Waals surface area (Å²) in [5.41, 5.74) is 6.56. The van der Waals surface area contributed by atoms with Crippen molar-refractivity contribution in [3.05, 3.63) is 24.5 Å². The lowest BCUT2D eigenvalue weighted by Gasteiger charge is -2.56. The van der Waals surface area contributed by atoms with Crippen LogP contribution in [0.2, 0.25) is 0 Å². The predicted molar refractivity (Wildman–Crippen MR) is 102 cm³/mol. The average molecular weight is 376 g/mol. The number of fused-ring (bicyclic) bond motifs is 1. The van der Waals surface area contributed by atoms with E-state index in [1.54, 1.807) is 6.08 Å². The summed E-state index contributed by atoms with van der Waals surface area (Å²) >= 11 is 0. The fourth-order valence-electron chi connectivity index (χ4n) is 5.71. The number of esters is 1. The van der Waals surface area contributed by atoms with Crippen LogP contribution in [0.1, 0.15) is 46.0 Å². The molecule has 0 radical (unpaired) electrons. The van der Waals surface area contributed by atoms with E-state index in [-0.39, 0.29) is 41.9 Å². The number of carbonyl (C=O) groups is 2. The minimum Gasteiger partial charge on any atom is -0.434 e. The second-order valence-corrected chi connectivity index (χ2v) is 8.81. The number of nitrogens with two attached hydrogens (primary N) is 1. The third-order valence-corrected chi connectivity index (χ3v) is 7.34. The van der Waals surface area contributed by atoms with E-state index in [1.807, 2.05) is 0 Å². The van der Waals surface area contributed by atoms with Crippen LogP contribution in [0.3, 0.4) is 0 Å². The third-order valence-electron chi connectivity index (χ3n) is 7.34. The highest BCUT2D eigenvalue weighted by Crippen LogP contribution is 2.58. The number of cyclic esters (lactones) is 1. The molecule has 1 amide bonds. The van der Waals surface area contributed by atoms with Crippen molar-refractivity contribution in [2.75, 3.05) is 6.54 Å². The van der Waals surface area contributed by atoms with Gasteiger partial charge in [0.1, 0.15) is 0 Å². The van der Waals surface area contributed by atoms with Gasteiger partial charge in [-0.05, 0) is 61.3 Å². The van der Waals surface area contributed by atoms with E-state index in [0.29, 0.717) is 12.3 Å². The fourth-order valence-corrected chi connectivity index (χ4v) is 5.71. The van der Waals surface area contributed by atoms with Gasteiger partial charge in [-0.15, -0.1) is 0 Å². The van der Waals surface area contributed by atoms with Crippen molar-refractivity contribution in [3.63, 3.8) is 0 Å². The van der Waals surface area contributed by atoms with Gasteiger partial charge in [0, 0.05) is 6.04 Å². The molecule has 2 fully saturated rings. The van der Waals surface area contributed by atoms with Crippen molar-refractivity contribution >= 4 is 11.9 Å². The molecule has 0 aromatic heterocycles. The van der Waals surface area contributed by atoms with Gasteiger partial charge in [-0.3, -0.25) is 9.59 Å². The Bertz CT molecular complexity index is 646. The molecule has 1 heterocycles. The van der Waals surface area contributed by atoms with Crippen LogP contribution in [-0.4, -0.2) is 35.7 Å². The van der Waals surface area contributed by atoms with Crippen LogP contribution in [0.4, 0.5) is 0 Å². The minimum atomic E-state index is -0.448. The van der Waals surface area contributed by atoms with E-state index in [1.165, 1.54) is 11.8 Å². The second-order valence-electron chi connectivity index (χ2n) is 8.81. The van der Waals surface area contributed by atoms with E-state index >= 15 is 0 Å². The smallest absolute Gasteiger partial charge is 0.319 e. The Labute approximate surface area is 161 Å². The SMILES string of the molecule is C=C1CCC2[C@@H](C)C(O)CC[C@]2(C)C1CC(NCC(N)=O)C1C=COC1=O. The highest BCUT2D eigenvalue weighted by Gasteiger charge is 2.52. The Morgan fingerprint density at radius 1 is 1.52 bits per heavy atom. The molecule has 4 N–H and O–H groups in total. The molecule has 2 aliphatic carbocycles. The first-order valence-corrected chi connectivity index (χ1v) is 9.98. The van der Waals surface area contributed by atoms with Crippen LogP contribution in [0.5, 0.6) is 0 Å². The van der Waals surface area contributed by atoms with Crippen LogP contribution in [0, 0.1) is 29.1 Å². The second kappa shape index (κ2) is 7.76. The maximum atomic E-state index is 12.1. The third kappa shape index (κ3) is 3.83. The molecule has 6 heteroatoms. The molecule has 6 nitrogen and oxygen atoms in total. The molecule has 2 saturated carbocycles. The van der Waals surface area contributed by atoms with E-state index < -0.39 is 11.8 Å². The summed E-state index contributed by atoms with van der Waals surface area (Å²) in [7, 11) is 0. The van der Waals surface area contributed by atoms with Crippen LogP contribution in [0.15, 0.2) is 24.5 Å². The summed E-state index contributed by atoms with van der Waals surface area (Å²) in [6.07, 6.45) is 7.36. The molecule has 7 atom stereocenters. The maximum absolute atomic E-state index is 12.1. The Balaban J connectivity index is 1.84. The Kier molecular flexibility index (Phi) is 5.77. The fraction of sp³-hybridized carbons (Fsp3) is 0.714. The summed E-state index contributed by atoms with van der Waals surface area (Å²) in [5.74, 6) is -0.262. The van der Waals surface area contributed by atoms with E-state index in [2.05, 4.69) is 25.7 Å². The van der Waals surface area contributed by atoms with Gasteiger partial charge in [-0.25, -0.2) is 0 Å². The molecule has 3 aliphatic rings. The van der Waals surface area contributed by atoms with Crippen molar-refractivity contribution in [3.8, 4) is 0 Å². The van der Waals surface area contributed by atoms with Crippen LogP contribution in [0.25, 0.3) is 0 Å². The van der Waals surface area contributed by atoms with Crippen LogP contribution < -0.4 is 11.1 Å². The largest absolute Gasteiger partial charge is 0.434 e. The van der Waals surface area contributed by atoms with Crippen molar-refractivity contribution in [2.24, 2.45) is 34.8 Å². The highest BCUT2D eigenvalue weighted by molar-refractivity contribution is 5.79. The van der Waals surface area contributed by atoms with Gasteiger partial charge in [-0.2, -0.15) is 0 Å². The number of ether oxygens (including phenoxy) is 1. The highest BCUT2D eigenvalue weighted by atomic mass is 16.5. The summed E-state index contributed by atoms with van der Waals surface area (Å²) in [6.45, 7) is 8.84. The monoisotopic (exact) mass is 376 g/mol. The molecular formula is C21H32N2O4. The van der Waals surface area contributed by atoms with Gasteiger partial charge >= 0.3 is 5.97 Å². The average Bonchev–Trinajstić information content (AvgIpc) is 3.03. The number of carbonyl (C=O) groups excluding carboxylic acids is 2. The Morgan fingerprint density at radius 2 is 2.26 bits per heavy atom. The zero-order valence-electron chi connectivity index (χ0n) is 16.3. The minimum absolute atomic E-state index is 0.0245. The number of aliphatic hydroxyl groups is 1. The molecule has 0 saturated heterocycles. The lowest BCUT2D eigenvalue weighted by Crippen LogP contribution is -2.52. The van der Waals surface area contributed by atoms with E-state index in [0.717, 1.165) is 25.7 Å². The Hall–Kier alpha value is -1.66. The summed E-state index contributed by atoms with van der Waals surface area (Å²) in [6, 6.07) is -0.233. The van der Waals surface area contributed by atoms with Gasteiger partial charge in [0.15, 0.2) is 0 Å². The number of nitrogens with one attached hydrogen (secondary N) is 1. The summed E-state index contributed by atoms with van der Waals surface area (Å²) in [4.78, 5) is 23.5. The molecule has 0 aromatic rings. The van der Waals surface area contributed by atoms with Crippen LogP contribution >= 0.6 is 0 Å². The molecule has 0 spiro atoms. The first kappa shape index (κ1) is 20.1. The zero-order chi connectivity index (χ0) is 19.8. The molecule has 0 aromatic carbocycles. The van der Waals surface area contributed by atoms with Crippen LogP contribution in [-0.2, 0) is 14.3 Å². The summed E-state index contributed by atoms with van der Waals surface area (Å²) < 4.78 is 5.00. The number of hydrogen-bond donors (Lipinski definition) is 3. The number of hydrogen-bond acceptors (Lipinski definition) is 5. The van der Waals surface area contributed by atoms with Gasteiger partial charge in [-0.1, -0.05) is 26.0 Å². The Morgan fingerprint density at radius 3 is 2.89 bits per heavy atom. The van der Waals surface area contributed by atoms with Gasteiger partial charge in [0.05, 0.1) is 24.8 Å². The molecular weight excluding hydrogens is 344 g/mol. The number of rotatable bonds is 6. The molecule has 27 heavy (non-hydrogen) atoms. The molecule has 5 unspecified atom stereocenters. The number of allylic oxidation sites excluding steroid dienone is 1. The standard InChI is InChI=1S/C21H32N2O4/c1-12-4-5-15-13(2)18(24)6-8-21(15,3)16(12)10-17(23-11-19(22)25)14-7-9-27-20(14)26/h7,9,13-18,23-24H,1,4-6,8,10-11H2,2-3H3,(H2,22,25)/t13-,14?,15?,16?,17?,18?,21+/m1/s1. The normalized spacial score (nSPS) is 39.7. The summed E-state index contributed by atoms with van der Waals surface area (Å²) in [5, 5.41) is 13.5. The van der Waals surface area contributed by atoms with E-state index in [9.17, 15) is 14.7 Å². The van der Waals surface area contributed by atoms with Gasteiger partial charge < -0.3 is 20.9 Å². The first-order chi connectivity index (χ1) is 12.7. The van der Waals surface area contributed by atoms with E-state index in [4.69, 9.17) is 10.5 Å².